The van der Waals surface area contributed by atoms with Crippen molar-refractivity contribution in [3.05, 3.63) is 22.7 Å². The number of hydrogen-bond donors (Lipinski definition) is 2. The molecule has 18 heavy (non-hydrogen) atoms. The van der Waals surface area contributed by atoms with Gasteiger partial charge in [0.2, 0.25) is 0 Å². The molecule has 0 unspecified atom stereocenters. The first-order chi connectivity index (χ1) is 8.58. The van der Waals surface area contributed by atoms with E-state index in [1.54, 1.807) is 24.3 Å². The quantitative estimate of drug-likeness (QED) is 0.644. The molecule has 0 spiro atoms. The summed E-state index contributed by atoms with van der Waals surface area (Å²) < 4.78 is 5.62. The topological polar surface area (TPSA) is 91.2 Å². The van der Waals surface area contributed by atoms with Crippen LogP contribution in [0.4, 0.5) is 5.69 Å². The van der Waals surface area contributed by atoms with Crippen molar-refractivity contribution in [1.82, 2.24) is 5.32 Å². The molecule has 0 radical (unpaired) electrons. The molecular formula is C11H10BrN3O3. The predicted molar refractivity (Wildman–Crippen MR) is 67.9 cm³/mol. The molecule has 2 N–H and O–H groups in total. The maximum absolute atomic E-state index is 11.5. The fraction of sp³-hybridized carbons (Fsp3) is 0.182. The Morgan fingerprint density at radius 3 is 2.78 bits per heavy atom. The molecule has 0 saturated carbocycles. The van der Waals surface area contributed by atoms with Crippen LogP contribution in [0.1, 0.15) is 0 Å². The molecule has 0 aromatic heterocycles. The van der Waals surface area contributed by atoms with Crippen LogP contribution in [0.25, 0.3) is 0 Å². The summed E-state index contributed by atoms with van der Waals surface area (Å²) in [6.45, 7) is -0.217. The van der Waals surface area contributed by atoms with Crippen molar-refractivity contribution >= 4 is 33.4 Å². The van der Waals surface area contributed by atoms with Crippen molar-refractivity contribution in [3.63, 3.8) is 0 Å². The summed E-state index contributed by atoms with van der Waals surface area (Å²) in [5.41, 5.74) is 0.409. The number of amides is 2. The van der Waals surface area contributed by atoms with E-state index in [0.29, 0.717) is 15.9 Å². The highest BCUT2D eigenvalue weighted by molar-refractivity contribution is 9.10. The maximum Gasteiger partial charge on any atom is 0.313 e. The van der Waals surface area contributed by atoms with E-state index in [1.165, 1.54) is 7.11 Å². The minimum Gasteiger partial charge on any atom is -0.497 e. The Morgan fingerprint density at radius 2 is 2.17 bits per heavy atom. The number of carbonyl (C=O) groups excluding carboxylic acids is 2. The second kappa shape index (κ2) is 6.61. The summed E-state index contributed by atoms with van der Waals surface area (Å²) >= 11 is 3.24. The minimum atomic E-state index is -0.869. The third-order valence-corrected chi connectivity index (χ3v) is 2.65. The van der Waals surface area contributed by atoms with Gasteiger partial charge in [0, 0.05) is 10.5 Å². The molecule has 0 saturated heterocycles. The molecule has 6 nitrogen and oxygen atoms in total. The highest BCUT2D eigenvalue weighted by Crippen LogP contribution is 2.26. The fourth-order valence-electron chi connectivity index (χ4n) is 1.11. The van der Waals surface area contributed by atoms with E-state index in [0.717, 1.165) is 0 Å². The maximum atomic E-state index is 11.5. The Bertz CT molecular complexity index is 511. The highest BCUT2D eigenvalue weighted by atomic mass is 79.9. The van der Waals surface area contributed by atoms with Gasteiger partial charge in [0.25, 0.3) is 0 Å². The lowest BCUT2D eigenvalue weighted by molar-refractivity contribution is -0.136. The number of methoxy groups -OCH3 is 1. The molecule has 1 aromatic rings. The molecule has 0 bridgehead atoms. The van der Waals surface area contributed by atoms with E-state index in [4.69, 9.17) is 10.00 Å². The van der Waals surface area contributed by atoms with Crippen LogP contribution >= 0.6 is 15.9 Å². The van der Waals surface area contributed by atoms with Crippen LogP contribution in [0.3, 0.4) is 0 Å². The van der Waals surface area contributed by atoms with Crippen molar-refractivity contribution in [3.8, 4) is 11.8 Å². The number of hydrogen-bond acceptors (Lipinski definition) is 4. The highest BCUT2D eigenvalue weighted by Gasteiger charge is 2.14. The standard InChI is InChI=1S/C11H10BrN3O3/c1-18-7-2-3-8(12)9(6-7)15-11(17)10(16)14-5-4-13/h2-3,6H,5H2,1H3,(H,14,16)(H,15,17). The monoisotopic (exact) mass is 311 g/mol. The van der Waals surface area contributed by atoms with Gasteiger partial charge < -0.3 is 15.4 Å². The Morgan fingerprint density at radius 1 is 1.44 bits per heavy atom. The zero-order chi connectivity index (χ0) is 13.5. The van der Waals surface area contributed by atoms with E-state index in [9.17, 15) is 9.59 Å². The Kier molecular flexibility index (Phi) is 5.14. The van der Waals surface area contributed by atoms with E-state index in [2.05, 4.69) is 26.6 Å². The summed E-state index contributed by atoms with van der Waals surface area (Å²) in [6.07, 6.45) is 0. The lowest BCUT2D eigenvalue weighted by Crippen LogP contribution is -2.35. The molecule has 2 amide bonds. The van der Waals surface area contributed by atoms with E-state index < -0.39 is 11.8 Å². The molecule has 1 rings (SSSR count). The van der Waals surface area contributed by atoms with E-state index in [-0.39, 0.29) is 6.54 Å². The first-order valence-electron chi connectivity index (χ1n) is 4.88. The first-order valence-corrected chi connectivity index (χ1v) is 5.67. The number of halogens is 1. The number of nitrogens with one attached hydrogen (secondary N) is 2. The summed E-state index contributed by atoms with van der Waals surface area (Å²) in [5, 5.41) is 12.8. The average molecular weight is 312 g/mol. The van der Waals surface area contributed by atoms with Crippen molar-refractivity contribution in [1.29, 1.82) is 5.26 Å². The lowest BCUT2D eigenvalue weighted by atomic mass is 10.3. The van der Waals surface area contributed by atoms with Gasteiger partial charge in [-0.2, -0.15) is 5.26 Å². The molecule has 0 atom stereocenters. The molecule has 0 aliphatic carbocycles. The van der Waals surface area contributed by atoms with Gasteiger partial charge in [-0.15, -0.1) is 0 Å². The number of nitrogens with zero attached hydrogens (tertiary/aromatic N) is 1. The van der Waals surface area contributed by atoms with E-state index in [1.807, 2.05) is 0 Å². The predicted octanol–water partition coefficient (Wildman–Crippen LogP) is 1.04. The summed E-state index contributed by atoms with van der Waals surface area (Å²) in [5.74, 6) is -1.17. The summed E-state index contributed by atoms with van der Waals surface area (Å²) in [4.78, 5) is 22.7. The van der Waals surface area contributed by atoms with Crippen LogP contribution in [0, 0.1) is 11.3 Å². The summed E-state index contributed by atoms with van der Waals surface area (Å²) in [6, 6.07) is 6.66. The molecule has 0 heterocycles. The third kappa shape index (κ3) is 3.75. The van der Waals surface area contributed by atoms with Crippen molar-refractivity contribution in [2.75, 3.05) is 19.0 Å². The third-order valence-electron chi connectivity index (χ3n) is 1.96. The molecular weight excluding hydrogens is 302 g/mol. The van der Waals surface area contributed by atoms with E-state index >= 15 is 0 Å². The van der Waals surface area contributed by atoms with Crippen molar-refractivity contribution in [2.24, 2.45) is 0 Å². The molecule has 1 aromatic carbocycles. The van der Waals surface area contributed by atoms with Gasteiger partial charge in [-0.05, 0) is 28.1 Å². The Labute approximate surface area is 112 Å². The number of rotatable bonds is 3. The first kappa shape index (κ1) is 14.0. The number of ether oxygens (including phenoxy) is 1. The second-order valence-corrected chi connectivity index (χ2v) is 4.00. The van der Waals surface area contributed by atoms with Gasteiger partial charge in [0.15, 0.2) is 0 Å². The van der Waals surface area contributed by atoms with Crippen LogP contribution in [-0.2, 0) is 9.59 Å². The normalized spacial score (nSPS) is 9.17. The van der Waals surface area contributed by atoms with Gasteiger partial charge in [0.1, 0.15) is 12.3 Å². The van der Waals surface area contributed by atoms with Crippen LogP contribution in [0.5, 0.6) is 5.75 Å². The SMILES string of the molecule is COc1ccc(Br)c(NC(=O)C(=O)NCC#N)c1. The molecule has 0 aliphatic heterocycles. The average Bonchev–Trinajstić information content (AvgIpc) is 2.38. The zero-order valence-electron chi connectivity index (χ0n) is 9.49. The molecule has 94 valence electrons. The fourth-order valence-corrected chi connectivity index (χ4v) is 1.45. The molecule has 7 heteroatoms. The smallest absolute Gasteiger partial charge is 0.313 e. The number of anilines is 1. The van der Waals surface area contributed by atoms with Crippen molar-refractivity contribution < 1.29 is 14.3 Å². The minimum absolute atomic E-state index is 0.217. The van der Waals surface area contributed by atoms with Crippen LogP contribution in [0.15, 0.2) is 22.7 Å². The second-order valence-electron chi connectivity index (χ2n) is 3.14. The largest absolute Gasteiger partial charge is 0.497 e. The van der Waals surface area contributed by atoms with Crippen molar-refractivity contribution in [2.45, 2.75) is 0 Å². The van der Waals surface area contributed by atoms with Crippen LogP contribution < -0.4 is 15.4 Å². The Balaban J connectivity index is 2.75. The number of nitriles is 1. The zero-order valence-corrected chi connectivity index (χ0v) is 11.1. The molecule has 0 fully saturated rings. The number of carbonyl (C=O) groups is 2. The van der Waals surface area contributed by atoms with Gasteiger partial charge in [-0.3, -0.25) is 9.59 Å². The Hall–Kier alpha value is -2.07. The van der Waals surface area contributed by atoms with Crippen LogP contribution in [-0.4, -0.2) is 25.5 Å². The van der Waals surface area contributed by atoms with Gasteiger partial charge in [-0.25, -0.2) is 0 Å². The van der Waals surface area contributed by atoms with Gasteiger partial charge >= 0.3 is 11.8 Å². The van der Waals surface area contributed by atoms with Gasteiger partial charge in [0.05, 0.1) is 18.9 Å². The lowest BCUT2D eigenvalue weighted by Gasteiger charge is -2.08. The van der Waals surface area contributed by atoms with Crippen LogP contribution in [0.2, 0.25) is 0 Å². The number of benzene rings is 1. The molecule has 0 aliphatic rings. The summed E-state index contributed by atoms with van der Waals surface area (Å²) in [7, 11) is 1.49. The van der Waals surface area contributed by atoms with Gasteiger partial charge in [-0.1, -0.05) is 0 Å².